The SMILES string of the molecule is C[C@]1(O)CO[C@@](O)(CO)[C@@H]1O. The third-order valence-electron chi connectivity index (χ3n) is 1.86. The van der Waals surface area contributed by atoms with E-state index in [4.69, 9.17) is 5.11 Å². The number of ether oxygens (including phenoxy) is 1. The van der Waals surface area contributed by atoms with Crippen LogP contribution in [0.3, 0.4) is 0 Å². The molecule has 5 heteroatoms. The van der Waals surface area contributed by atoms with Crippen molar-refractivity contribution in [3.05, 3.63) is 0 Å². The molecule has 0 amide bonds. The molecule has 1 fully saturated rings. The van der Waals surface area contributed by atoms with Gasteiger partial charge in [-0.15, -0.1) is 0 Å². The van der Waals surface area contributed by atoms with Gasteiger partial charge in [0.1, 0.15) is 11.7 Å². The first-order valence-electron chi connectivity index (χ1n) is 3.30. The van der Waals surface area contributed by atoms with Crippen molar-refractivity contribution in [2.24, 2.45) is 0 Å². The highest BCUT2D eigenvalue weighted by Gasteiger charge is 2.54. The van der Waals surface area contributed by atoms with Crippen LogP contribution in [-0.2, 0) is 4.74 Å². The molecule has 0 radical (unpaired) electrons. The topological polar surface area (TPSA) is 90.2 Å². The van der Waals surface area contributed by atoms with E-state index in [1.165, 1.54) is 6.92 Å². The van der Waals surface area contributed by atoms with Gasteiger partial charge in [0, 0.05) is 0 Å². The number of aliphatic hydroxyl groups excluding tert-OH is 2. The minimum Gasteiger partial charge on any atom is -0.391 e. The van der Waals surface area contributed by atoms with E-state index in [2.05, 4.69) is 4.74 Å². The summed E-state index contributed by atoms with van der Waals surface area (Å²) < 4.78 is 4.62. The fourth-order valence-corrected chi connectivity index (χ4v) is 1.05. The highest BCUT2D eigenvalue weighted by Crippen LogP contribution is 2.30. The predicted molar refractivity (Wildman–Crippen MR) is 34.6 cm³/mol. The molecule has 0 saturated carbocycles. The van der Waals surface area contributed by atoms with Gasteiger partial charge in [-0.3, -0.25) is 0 Å². The summed E-state index contributed by atoms with van der Waals surface area (Å²) in [5.74, 6) is -2.01. The van der Waals surface area contributed by atoms with Crippen LogP contribution in [0.25, 0.3) is 0 Å². The average Bonchev–Trinajstić information content (AvgIpc) is 2.16. The van der Waals surface area contributed by atoms with E-state index in [0.717, 1.165) is 0 Å². The summed E-state index contributed by atoms with van der Waals surface area (Å²) >= 11 is 0. The zero-order valence-corrected chi connectivity index (χ0v) is 6.19. The normalized spacial score (nSPS) is 51.5. The number of hydrogen-bond donors (Lipinski definition) is 4. The maximum Gasteiger partial charge on any atom is 0.219 e. The lowest BCUT2D eigenvalue weighted by atomic mass is 9.97. The zero-order chi connectivity index (χ0) is 8.70. The summed E-state index contributed by atoms with van der Waals surface area (Å²) in [6.07, 6.45) is -1.47. The van der Waals surface area contributed by atoms with Crippen molar-refractivity contribution in [1.82, 2.24) is 0 Å². The standard InChI is InChI=1S/C6H12O5/c1-5(9)3-11-6(10,2-7)4(5)8/h4,7-10H,2-3H2,1H3/t4-,5+,6+/m1/s1. The second-order valence-electron chi connectivity index (χ2n) is 3.05. The smallest absolute Gasteiger partial charge is 0.219 e. The molecule has 5 nitrogen and oxygen atoms in total. The molecule has 0 aromatic rings. The first-order chi connectivity index (χ1) is 4.92. The van der Waals surface area contributed by atoms with Crippen LogP contribution >= 0.6 is 0 Å². The molecule has 3 atom stereocenters. The molecule has 4 N–H and O–H groups in total. The summed E-state index contributed by atoms with van der Waals surface area (Å²) in [4.78, 5) is 0. The van der Waals surface area contributed by atoms with Crippen molar-refractivity contribution in [3.8, 4) is 0 Å². The quantitative estimate of drug-likeness (QED) is 0.353. The molecule has 11 heavy (non-hydrogen) atoms. The largest absolute Gasteiger partial charge is 0.391 e. The fourth-order valence-electron chi connectivity index (χ4n) is 1.05. The van der Waals surface area contributed by atoms with Crippen LogP contribution in [0.15, 0.2) is 0 Å². The minimum absolute atomic E-state index is 0.189. The Bertz CT molecular complexity index is 157. The lowest BCUT2D eigenvalue weighted by molar-refractivity contribution is -0.237. The molecule has 1 aliphatic rings. The van der Waals surface area contributed by atoms with Crippen molar-refractivity contribution in [3.63, 3.8) is 0 Å². The van der Waals surface area contributed by atoms with Crippen LogP contribution < -0.4 is 0 Å². The van der Waals surface area contributed by atoms with E-state index in [1.54, 1.807) is 0 Å². The van der Waals surface area contributed by atoms with E-state index in [-0.39, 0.29) is 6.61 Å². The molecule has 0 unspecified atom stereocenters. The van der Waals surface area contributed by atoms with E-state index in [9.17, 15) is 15.3 Å². The third-order valence-corrected chi connectivity index (χ3v) is 1.86. The van der Waals surface area contributed by atoms with Gasteiger partial charge < -0.3 is 25.2 Å². The molecule has 66 valence electrons. The number of rotatable bonds is 1. The van der Waals surface area contributed by atoms with Crippen molar-refractivity contribution < 1.29 is 25.2 Å². The average molecular weight is 164 g/mol. The molecule has 0 aliphatic carbocycles. The summed E-state index contributed by atoms with van der Waals surface area (Å²) in [5, 5.41) is 36.3. The predicted octanol–water partition coefficient (Wildman–Crippen LogP) is -2.19. The molecular weight excluding hydrogens is 152 g/mol. The molecule has 0 aromatic heterocycles. The summed E-state index contributed by atoms with van der Waals surface area (Å²) in [6, 6.07) is 0. The Kier molecular flexibility index (Phi) is 1.94. The lowest BCUT2D eigenvalue weighted by Gasteiger charge is -2.26. The van der Waals surface area contributed by atoms with Crippen molar-refractivity contribution in [2.45, 2.75) is 24.4 Å². The second kappa shape index (κ2) is 2.40. The van der Waals surface area contributed by atoms with Gasteiger partial charge in [0.05, 0.1) is 13.2 Å². The van der Waals surface area contributed by atoms with E-state index < -0.39 is 24.1 Å². The van der Waals surface area contributed by atoms with Crippen molar-refractivity contribution in [2.75, 3.05) is 13.2 Å². The van der Waals surface area contributed by atoms with Crippen LogP contribution in [0.2, 0.25) is 0 Å². The minimum atomic E-state index is -2.01. The van der Waals surface area contributed by atoms with Crippen LogP contribution in [-0.4, -0.2) is 51.1 Å². The van der Waals surface area contributed by atoms with Gasteiger partial charge in [0.25, 0.3) is 0 Å². The zero-order valence-electron chi connectivity index (χ0n) is 6.19. The Labute approximate surface area is 63.8 Å². The van der Waals surface area contributed by atoms with Gasteiger partial charge >= 0.3 is 0 Å². The van der Waals surface area contributed by atoms with Crippen LogP contribution in [0, 0.1) is 0 Å². The molecule has 1 saturated heterocycles. The second-order valence-corrected chi connectivity index (χ2v) is 3.05. The Balaban J connectivity index is 2.78. The fraction of sp³-hybridized carbons (Fsp3) is 1.00. The molecule has 0 spiro atoms. The number of hydrogen-bond acceptors (Lipinski definition) is 5. The number of aliphatic hydroxyl groups is 4. The first kappa shape index (κ1) is 8.89. The third kappa shape index (κ3) is 1.25. The van der Waals surface area contributed by atoms with Gasteiger partial charge in [-0.05, 0) is 6.92 Å². The molecular formula is C6H12O5. The van der Waals surface area contributed by atoms with Crippen LogP contribution in [0.5, 0.6) is 0 Å². The molecule has 1 aliphatic heterocycles. The van der Waals surface area contributed by atoms with Gasteiger partial charge in [0.2, 0.25) is 5.79 Å². The lowest BCUT2D eigenvalue weighted by Crippen LogP contribution is -2.50. The Morgan fingerprint density at radius 1 is 1.55 bits per heavy atom. The maximum atomic E-state index is 9.28. The van der Waals surface area contributed by atoms with Crippen LogP contribution in [0.4, 0.5) is 0 Å². The summed E-state index contributed by atoms with van der Waals surface area (Å²) in [7, 11) is 0. The van der Waals surface area contributed by atoms with Gasteiger partial charge in [0.15, 0.2) is 0 Å². The van der Waals surface area contributed by atoms with Gasteiger partial charge in [-0.25, -0.2) is 0 Å². The van der Waals surface area contributed by atoms with Crippen molar-refractivity contribution >= 4 is 0 Å². The van der Waals surface area contributed by atoms with E-state index in [0.29, 0.717) is 0 Å². The van der Waals surface area contributed by atoms with Gasteiger partial charge in [-0.1, -0.05) is 0 Å². The molecule has 1 rings (SSSR count). The Hall–Kier alpha value is -0.200. The highest BCUT2D eigenvalue weighted by atomic mass is 16.7. The van der Waals surface area contributed by atoms with E-state index >= 15 is 0 Å². The van der Waals surface area contributed by atoms with Crippen molar-refractivity contribution in [1.29, 1.82) is 0 Å². The molecule has 0 aromatic carbocycles. The molecule has 1 heterocycles. The monoisotopic (exact) mass is 164 g/mol. The maximum absolute atomic E-state index is 9.28. The highest BCUT2D eigenvalue weighted by molar-refractivity contribution is 4.97. The summed E-state index contributed by atoms with van der Waals surface area (Å²) in [5.41, 5.74) is -1.49. The Morgan fingerprint density at radius 3 is 2.27 bits per heavy atom. The first-order valence-corrected chi connectivity index (χ1v) is 3.30. The summed E-state index contributed by atoms with van der Waals surface area (Å²) in [6.45, 7) is 0.404. The molecule has 0 bridgehead atoms. The van der Waals surface area contributed by atoms with Crippen LogP contribution in [0.1, 0.15) is 6.92 Å². The van der Waals surface area contributed by atoms with Gasteiger partial charge in [-0.2, -0.15) is 0 Å². The van der Waals surface area contributed by atoms with E-state index in [1.807, 2.05) is 0 Å². The Morgan fingerprint density at radius 2 is 2.09 bits per heavy atom.